The van der Waals surface area contributed by atoms with Crippen LogP contribution in [0.25, 0.3) is 11.1 Å². The Bertz CT molecular complexity index is 1560. The smallest absolute Gasteiger partial charge is 0.307 e. The van der Waals surface area contributed by atoms with Gasteiger partial charge >= 0.3 is 5.97 Å². The van der Waals surface area contributed by atoms with Gasteiger partial charge in [0.2, 0.25) is 0 Å². The number of nitrogens with zero attached hydrogens (tertiary/aromatic N) is 4. The van der Waals surface area contributed by atoms with Crippen molar-refractivity contribution in [2.45, 2.75) is 73.0 Å². The van der Waals surface area contributed by atoms with Gasteiger partial charge in [0.05, 0.1) is 31.0 Å². The number of carbonyl (C=O) groups is 1. The number of rotatable bonds is 8. The quantitative estimate of drug-likeness (QED) is 0.327. The third-order valence-corrected chi connectivity index (χ3v) is 10.1. The van der Waals surface area contributed by atoms with Crippen molar-refractivity contribution >= 4 is 11.7 Å². The summed E-state index contributed by atoms with van der Waals surface area (Å²) in [6.07, 6.45) is 3.01. The van der Waals surface area contributed by atoms with Crippen LogP contribution in [0.15, 0.2) is 36.4 Å². The normalized spacial score (nSPS) is 19.0. The number of ether oxygens (including phenoxy) is 1. The first-order valence-electron chi connectivity index (χ1n) is 16.4. The Balaban J connectivity index is 1.39. The lowest BCUT2D eigenvalue weighted by Gasteiger charge is -2.40. The molecule has 2 saturated heterocycles. The van der Waals surface area contributed by atoms with Crippen LogP contribution in [-0.4, -0.2) is 71.8 Å². The van der Waals surface area contributed by atoms with Crippen LogP contribution in [0.5, 0.6) is 0 Å². The van der Waals surface area contributed by atoms with Crippen molar-refractivity contribution in [2.75, 3.05) is 50.8 Å². The molecule has 8 heteroatoms. The zero-order valence-corrected chi connectivity index (χ0v) is 27.3. The summed E-state index contributed by atoms with van der Waals surface area (Å²) in [5, 5.41) is 10.0. The molecule has 3 aromatic rings. The van der Waals surface area contributed by atoms with Crippen molar-refractivity contribution in [3.8, 4) is 11.1 Å². The lowest BCUT2D eigenvalue weighted by Crippen LogP contribution is -2.39. The number of fused-ring (bicyclic) bond motifs is 1. The van der Waals surface area contributed by atoms with E-state index in [1.807, 2.05) is 19.9 Å². The molecule has 3 aliphatic rings. The van der Waals surface area contributed by atoms with Crippen molar-refractivity contribution in [3.63, 3.8) is 0 Å². The van der Waals surface area contributed by atoms with Crippen LogP contribution in [0.3, 0.4) is 0 Å². The van der Waals surface area contributed by atoms with E-state index in [1.165, 1.54) is 11.1 Å². The number of carboxylic acids is 1. The first-order chi connectivity index (χ1) is 21.6. The number of aliphatic carboxylic acids is 1. The summed E-state index contributed by atoms with van der Waals surface area (Å²) in [5.74, 6) is -1.02. The van der Waals surface area contributed by atoms with Gasteiger partial charge in [-0.05, 0) is 78.5 Å². The minimum Gasteiger partial charge on any atom is -0.481 e. The maximum absolute atomic E-state index is 13.7. The van der Waals surface area contributed by atoms with Gasteiger partial charge in [-0.3, -0.25) is 19.6 Å². The molecule has 2 aromatic carbocycles. The van der Waals surface area contributed by atoms with Gasteiger partial charge in [-0.2, -0.15) is 0 Å². The molecule has 0 radical (unpaired) electrons. The van der Waals surface area contributed by atoms with Crippen LogP contribution in [0.1, 0.15) is 65.9 Å². The van der Waals surface area contributed by atoms with E-state index in [9.17, 15) is 14.3 Å². The Hall–Kier alpha value is -3.33. The Morgan fingerprint density at radius 2 is 1.71 bits per heavy atom. The van der Waals surface area contributed by atoms with Crippen molar-refractivity contribution < 1.29 is 19.0 Å². The molecule has 0 spiro atoms. The summed E-state index contributed by atoms with van der Waals surface area (Å²) < 4.78 is 19.3. The summed E-state index contributed by atoms with van der Waals surface area (Å²) in [6, 6.07) is 11.9. The molecule has 0 aliphatic carbocycles. The Morgan fingerprint density at radius 1 is 0.956 bits per heavy atom. The first kappa shape index (κ1) is 31.6. The van der Waals surface area contributed by atoms with Crippen LogP contribution in [0, 0.1) is 25.1 Å². The third-order valence-electron chi connectivity index (χ3n) is 10.1. The van der Waals surface area contributed by atoms with Crippen LogP contribution in [0.4, 0.5) is 10.1 Å². The predicted molar refractivity (Wildman–Crippen MR) is 176 cm³/mol. The van der Waals surface area contributed by atoms with E-state index >= 15 is 0 Å². The molecule has 0 atom stereocenters. The average Bonchev–Trinajstić information content (AvgIpc) is 3.00. The van der Waals surface area contributed by atoms with Crippen molar-refractivity contribution in [3.05, 3.63) is 81.4 Å². The fourth-order valence-electron chi connectivity index (χ4n) is 7.20. The van der Waals surface area contributed by atoms with Gasteiger partial charge in [-0.25, -0.2) is 4.39 Å². The zero-order chi connectivity index (χ0) is 31.7. The first-order valence-corrected chi connectivity index (χ1v) is 16.4. The highest BCUT2D eigenvalue weighted by atomic mass is 19.1. The summed E-state index contributed by atoms with van der Waals surface area (Å²) >= 11 is 0. The lowest BCUT2D eigenvalue weighted by atomic mass is 9.81. The maximum atomic E-state index is 13.7. The Labute approximate surface area is 267 Å². The molecule has 0 saturated carbocycles. The number of benzene rings is 2. The molecule has 45 heavy (non-hydrogen) atoms. The topological polar surface area (TPSA) is 69.1 Å². The molecule has 240 valence electrons. The number of carboxylic acid groups (broad SMARTS) is 1. The number of pyridine rings is 1. The molecular formula is C37H47FN4O3. The van der Waals surface area contributed by atoms with Crippen LogP contribution < -0.4 is 4.90 Å². The van der Waals surface area contributed by atoms with E-state index in [1.54, 1.807) is 12.1 Å². The number of morpholine rings is 1. The van der Waals surface area contributed by atoms with E-state index in [4.69, 9.17) is 9.72 Å². The second-order valence-electron chi connectivity index (χ2n) is 14.0. The molecule has 0 amide bonds. The summed E-state index contributed by atoms with van der Waals surface area (Å²) in [6.45, 7) is 16.8. The molecule has 0 unspecified atom stereocenters. The number of hydrogen-bond donors (Lipinski definition) is 1. The minimum absolute atomic E-state index is 0.0401. The predicted octanol–water partition coefficient (Wildman–Crippen LogP) is 6.15. The average molecular weight is 615 g/mol. The molecule has 3 aliphatic heterocycles. The van der Waals surface area contributed by atoms with Gasteiger partial charge < -0.3 is 14.7 Å². The molecular weight excluding hydrogens is 567 g/mol. The zero-order valence-electron chi connectivity index (χ0n) is 27.3. The van der Waals surface area contributed by atoms with Crippen molar-refractivity contribution in [1.29, 1.82) is 0 Å². The number of hydrogen-bond acceptors (Lipinski definition) is 6. The molecule has 2 fully saturated rings. The monoisotopic (exact) mass is 614 g/mol. The number of aryl methyl sites for hydroxylation is 2. The van der Waals surface area contributed by atoms with E-state index in [-0.39, 0.29) is 17.7 Å². The maximum Gasteiger partial charge on any atom is 0.307 e. The summed E-state index contributed by atoms with van der Waals surface area (Å²) in [7, 11) is 0. The summed E-state index contributed by atoms with van der Waals surface area (Å²) in [4.78, 5) is 24.7. The SMILES string of the molecule is Cc1cc(F)ccc1CN1CCc2cc(-c3c(CN4CCOCC4)nc(C)c(CC(=O)O)c3N3CCC(C)(C)CC3)ccc2C1. The van der Waals surface area contributed by atoms with E-state index in [0.717, 1.165) is 110 Å². The van der Waals surface area contributed by atoms with Crippen molar-refractivity contribution in [2.24, 2.45) is 5.41 Å². The Kier molecular flexibility index (Phi) is 9.27. The highest BCUT2D eigenvalue weighted by Crippen LogP contribution is 2.43. The molecule has 7 nitrogen and oxygen atoms in total. The lowest BCUT2D eigenvalue weighted by molar-refractivity contribution is -0.136. The van der Waals surface area contributed by atoms with Crippen LogP contribution in [-0.2, 0) is 42.0 Å². The molecule has 1 N–H and O–H groups in total. The van der Waals surface area contributed by atoms with Gasteiger partial charge in [0, 0.05) is 69.2 Å². The van der Waals surface area contributed by atoms with Gasteiger partial charge in [0.1, 0.15) is 5.82 Å². The highest BCUT2D eigenvalue weighted by Gasteiger charge is 2.32. The fourth-order valence-corrected chi connectivity index (χ4v) is 7.20. The number of piperidine rings is 1. The second-order valence-corrected chi connectivity index (χ2v) is 14.0. The van der Waals surface area contributed by atoms with E-state index < -0.39 is 5.97 Å². The van der Waals surface area contributed by atoms with Crippen LogP contribution >= 0.6 is 0 Å². The third kappa shape index (κ3) is 7.24. The van der Waals surface area contributed by atoms with Gasteiger partial charge in [0.15, 0.2) is 0 Å². The standard InChI is InChI=1S/C37H47FN4O3/c1-25-19-31(38)8-7-29(25)22-41-12-9-27-20-28(5-6-30(27)23-41)35-33(24-40-15-17-45-18-16-40)39-26(2)32(21-34(43)44)36(35)42-13-10-37(3,4)11-14-42/h5-8,19-20H,9-18,21-24H2,1-4H3,(H,43,44). The highest BCUT2D eigenvalue weighted by molar-refractivity contribution is 5.87. The fraction of sp³-hybridized carbons (Fsp3) is 0.514. The largest absolute Gasteiger partial charge is 0.481 e. The molecule has 1 aromatic heterocycles. The van der Waals surface area contributed by atoms with Gasteiger partial charge in [-0.1, -0.05) is 38.1 Å². The van der Waals surface area contributed by atoms with E-state index in [0.29, 0.717) is 19.8 Å². The number of anilines is 1. The van der Waals surface area contributed by atoms with Crippen LogP contribution in [0.2, 0.25) is 0 Å². The van der Waals surface area contributed by atoms with E-state index in [2.05, 4.69) is 46.7 Å². The molecule has 6 rings (SSSR count). The Morgan fingerprint density at radius 3 is 2.42 bits per heavy atom. The van der Waals surface area contributed by atoms with Crippen molar-refractivity contribution in [1.82, 2.24) is 14.8 Å². The molecule has 4 heterocycles. The van der Waals surface area contributed by atoms with Gasteiger partial charge in [-0.15, -0.1) is 0 Å². The number of aromatic nitrogens is 1. The molecule has 0 bridgehead atoms. The number of halogens is 1. The van der Waals surface area contributed by atoms with Gasteiger partial charge in [0.25, 0.3) is 0 Å². The second kappa shape index (κ2) is 13.2. The minimum atomic E-state index is -0.827. The summed E-state index contributed by atoms with van der Waals surface area (Å²) in [5.41, 5.74) is 11.0.